The molecular formula is C18H21NO. The molecule has 1 N–H and O–H groups in total. The molecule has 0 saturated heterocycles. The molecule has 2 rings (SSSR count). The third-order valence-electron chi connectivity index (χ3n) is 3.53. The molecule has 1 amide bonds. The van der Waals surface area contributed by atoms with E-state index < -0.39 is 0 Å². The van der Waals surface area contributed by atoms with Crippen molar-refractivity contribution in [2.45, 2.75) is 33.6 Å². The standard InChI is InChI=1S/C18H21NO/c1-4-15-7-5-6-8-17(15)19-18(20)12-16-11-13(2)9-10-14(16)3/h5-11H,4,12H2,1-3H3,(H,19,20). The molecule has 2 nitrogen and oxygen atoms in total. The summed E-state index contributed by atoms with van der Waals surface area (Å²) in [4.78, 5) is 12.2. The molecule has 0 fully saturated rings. The van der Waals surface area contributed by atoms with Crippen LogP contribution in [0, 0.1) is 13.8 Å². The Bertz CT molecular complexity index is 617. The quantitative estimate of drug-likeness (QED) is 0.889. The lowest BCUT2D eigenvalue weighted by atomic mass is 10.0. The molecule has 0 bridgehead atoms. The maximum atomic E-state index is 12.2. The van der Waals surface area contributed by atoms with Crippen LogP contribution >= 0.6 is 0 Å². The minimum Gasteiger partial charge on any atom is -0.326 e. The molecule has 20 heavy (non-hydrogen) atoms. The summed E-state index contributed by atoms with van der Waals surface area (Å²) in [5, 5.41) is 3.02. The zero-order chi connectivity index (χ0) is 14.5. The lowest BCUT2D eigenvalue weighted by molar-refractivity contribution is -0.115. The van der Waals surface area contributed by atoms with Crippen molar-refractivity contribution in [1.29, 1.82) is 0 Å². The monoisotopic (exact) mass is 267 g/mol. The van der Waals surface area contributed by atoms with E-state index in [1.54, 1.807) is 0 Å². The summed E-state index contributed by atoms with van der Waals surface area (Å²) < 4.78 is 0. The predicted octanol–water partition coefficient (Wildman–Crippen LogP) is 4.05. The van der Waals surface area contributed by atoms with Gasteiger partial charge in [-0.1, -0.05) is 48.9 Å². The van der Waals surface area contributed by atoms with E-state index >= 15 is 0 Å². The maximum absolute atomic E-state index is 12.2. The van der Waals surface area contributed by atoms with Crippen molar-refractivity contribution < 1.29 is 4.79 Å². The molecule has 0 spiro atoms. The second-order valence-corrected chi connectivity index (χ2v) is 5.17. The van der Waals surface area contributed by atoms with Crippen molar-refractivity contribution in [3.63, 3.8) is 0 Å². The fourth-order valence-corrected chi connectivity index (χ4v) is 2.31. The molecule has 2 heteroatoms. The number of hydrogen-bond donors (Lipinski definition) is 1. The van der Waals surface area contributed by atoms with Crippen LogP contribution < -0.4 is 5.32 Å². The Balaban J connectivity index is 2.11. The smallest absolute Gasteiger partial charge is 0.228 e. The second kappa shape index (κ2) is 6.38. The normalized spacial score (nSPS) is 10.3. The molecule has 0 unspecified atom stereocenters. The van der Waals surface area contributed by atoms with Gasteiger partial charge in [-0.05, 0) is 43.0 Å². The van der Waals surface area contributed by atoms with Crippen molar-refractivity contribution in [2.24, 2.45) is 0 Å². The predicted molar refractivity (Wildman–Crippen MR) is 84.1 cm³/mol. The first-order valence-corrected chi connectivity index (χ1v) is 7.04. The highest BCUT2D eigenvalue weighted by atomic mass is 16.1. The molecular weight excluding hydrogens is 246 g/mol. The molecule has 0 radical (unpaired) electrons. The van der Waals surface area contributed by atoms with Gasteiger partial charge in [-0.15, -0.1) is 0 Å². The van der Waals surface area contributed by atoms with Crippen LogP contribution in [-0.4, -0.2) is 5.91 Å². The average Bonchev–Trinajstić information content (AvgIpc) is 2.43. The van der Waals surface area contributed by atoms with Gasteiger partial charge in [0.05, 0.1) is 6.42 Å². The molecule has 0 heterocycles. The van der Waals surface area contributed by atoms with E-state index in [-0.39, 0.29) is 5.91 Å². The Morgan fingerprint density at radius 1 is 1.05 bits per heavy atom. The van der Waals surface area contributed by atoms with Gasteiger partial charge in [0, 0.05) is 5.69 Å². The van der Waals surface area contributed by atoms with E-state index in [9.17, 15) is 4.79 Å². The zero-order valence-electron chi connectivity index (χ0n) is 12.4. The van der Waals surface area contributed by atoms with E-state index in [1.165, 1.54) is 11.1 Å². The summed E-state index contributed by atoms with van der Waals surface area (Å²) in [5.41, 5.74) is 5.53. The van der Waals surface area contributed by atoms with Crippen LogP contribution in [0.1, 0.15) is 29.2 Å². The number of amides is 1. The molecule has 2 aromatic rings. The van der Waals surface area contributed by atoms with Gasteiger partial charge in [0.25, 0.3) is 0 Å². The van der Waals surface area contributed by atoms with Gasteiger partial charge in [-0.3, -0.25) is 4.79 Å². The molecule has 104 valence electrons. The van der Waals surface area contributed by atoms with Crippen molar-refractivity contribution in [1.82, 2.24) is 0 Å². The first kappa shape index (κ1) is 14.3. The molecule has 0 atom stereocenters. The molecule has 0 aromatic heterocycles. The van der Waals surface area contributed by atoms with Gasteiger partial charge >= 0.3 is 0 Å². The van der Waals surface area contributed by atoms with Gasteiger partial charge in [0.1, 0.15) is 0 Å². The van der Waals surface area contributed by atoms with Gasteiger partial charge in [0.2, 0.25) is 5.91 Å². The van der Waals surface area contributed by atoms with Crippen molar-refractivity contribution in [3.05, 3.63) is 64.7 Å². The van der Waals surface area contributed by atoms with Crippen LogP contribution in [0.2, 0.25) is 0 Å². The number of anilines is 1. The van der Waals surface area contributed by atoms with Crippen LogP contribution in [0.25, 0.3) is 0 Å². The van der Waals surface area contributed by atoms with E-state index in [4.69, 9.17) is 0 Å². The summed E-state index contributed by atoms with van der Waals surface area (Å²) in [5.74, 6) is 0.0413. The fourth-order valence-electron chi connectivity index (χ4n) is 2.31. The van der Waals surface area contributed by atoms with Gasteiger partial charge in [-0.2, -0.15) is 0 Å². The van der Waals surface area contributed by atoms with Crippen molar-refractivity contribution in [3.8, 4) is 0 Å². The highest BCUT2D eigenvalue weighted by molar-refractivity contribution is 5.93. The Morgan fingerprint density at radius 3 is 2.55 bits per heavy atom. The molecule has 0 aliphatic heterocycles. The average molecular weight is 267 g/mol. The van der Waals surface area contributed by atoms with Crippen LogP contribution in [0.15, 0.2) is 42.5 Å². The van der Waals surface area contributed by atoms with Crippen LogP contribution in [0.5, 0.6) is 0 Å². The Kier molecular flexibility index (Phi) is 4.57. The van der Waals surface area contributed by atoms with E-state index in [0.29, 0.717) is 6.42 Å². The van der Waals surface area contributed by atoms with Gasteiger partial charge < -0.3 is 5.32 Å². The van der Waals surface area contributed by atoms with Crippen LogP contribution in [0.3, 0.4) is 0 Å². The summed E-state index contributed by atoms with van der Waals surface area (Å²) in [6.45, 7) is 6.19. The minimum absolute atomic E-state index is 0.0413. The van der Waals surface area contributed by atoms with Crippen molar-refractivity contribution in [2.75, 3.05) is 5.32 Å². The molecule has 2 aromatic carbocycles. The number of hydrogen-bond acceptors (Lipinski definition) is 1. The number of carbonyl (C=O) groups excluding carboxylic acids is 1. The molecule has 0 aliphatic carbocycles. The first-order chi connectivity index (χ1) is 9.60. The summed E-state index contributed by atoms with van der Waals surface area (Å²) >= 11 is 0. The van der Waals surface area contributed by atoms with Crippen molar-refractivity contribution >= 4 is 11.6 Å². The Labute approximate surface area is 120 Å². The highest BCUT2D eigenvalue weighted by Gasteiger charge is 2.08. The summed E-state index contributed by atoms with van der Waals surface area (Å²) in [6, 6.07) is 14.2. The fraction of sp³-hybridized carbons (Fsp3) is 0.278. The Morgan fingerprint density at radius 2 is 1.80 bits per heavy atom. The number of para-hydroxylation sites is 1. The third-order valence-corrected chi connectivity index (χ3v) is 3.53. The molecule has 0 aliphatic rings. The highest BCUT2D eigenvalue weighted by Crippen LogP contribution is 2.17. The lowest BCUT2D eigenvalue weighted by Gasteiger charge is -2.11. The minimum atomic E-state index is 0.0413. The third kappa shape index (κ3) is 3.47. The topological polar surface area (TPSA) is 29.1 Å². The maximum Gasteiger partial charge on any atom is 0.228 e. The lowest BCUT2D eigenvalue weighted by Crippen LogP contribution is -2.16. The van der Waals surface area contributed by atoms with E-state index in [2.05, 4.69) is 30.4 Å². The summed E-state index contributed by atoms with van der Waals surface area (Å²) in [7, 11) is 0. The molecule has 0 saturated carbocycles. The van der Waals surface area contributed by atoms with Crippen LogP contribution in [-0.2, 0) is 17.6 Å². The number of benzene rings is 2. The van der Waals surface area contributed by atoms with Gasteiger partial charge in [-0.25, -0.2) is 0 Å². The first-order valence-electron chi connectivity index (χ1n) is 7.04. The second-order valence-electron chi connectivity index (χ2n) is 5.17. The largest absolute Gasteiger partial charge is 0.326 e. The van der Waals surface area contributed by atoms with Crippen LogP contribution in [0.4, 0.5) is 5.69 Å². The van der Waals surface area contributed by atoms with Gasteiger partial charge in [0.15, 0.2) is 0 Å². The SMILES string of the molecule is CCc1ccccc1NC(=O)Cc1cc(C)ccc1C. The van der Waals surface area contributed by atoms with E-state index in [1.807, 2.05) is 38.1 Å². The van der Waals surface area contributed by atoms with E-state index in [0.717, 1.165) is 23.2 Å². The Hall–Kier alpha value is -2.09. The number of carbonyl (C=O) groups is 1. The zero-order valence-corrected chi connectivity index (χ0v) is 12.4. The summed E-state index contributed by atoms with van der Waals surface area (Å²) in [6.07, 6.45) is 1.34. The number of nitrogens with one attached hydrogen (secondary N) is 1. The number of aryl methyl sites for hydroxylation is 3. The number of rotatable bonds is 4.